The maximum atomic E-state index is 12.6. The number of rotatable bonds is 7. The third-order valence-electron chi connectivity index (χ3n) is 4.10. The second-order valence-corrected chi connectivity index (χ2v) is 13.6. The molecule has 9 heteroatoms. The highest BCUT2D eigenvalue weighted by Crippen LogP contribution is 2.37. The van der Waals surface area contributed by atoms with Crippen LogP contribution >= 0.6 is 0 Å². The van der Waals surface area contributed by atoms with Crippen LogP contribution in [0, 0.1) is 0 Å². The first-order chi connectivity index (χ1) is 10.7. The molecule has 0 aliphatic carbocycles. The van der Waals surface area contributed by atoms with Gasteiger partial charge in [0.25, 0.3) is 16.5 Å². The Bertz CT molecular complexity index is 642. The number of hydrogen-bond acceptors (Lipinski definition) is 5. The SMILES string of the molecule is CC(C)(C)[Si](C)(C)OC[C@H](OS(C)(=O)=O)c1ccc(C(F)F)nc1. The number of aromatic nitrogens is 1. The highest BCUT2D eigenvalue weighted by Gasteiger charge is 2.38. The van der Waals surface area contributed by atoms with Crippen molar-refractivity contribution < 1.29 is 25.8 Å². The fraction of sp³-hybridized carbons (Fsp3) is 0.667. The van der Waals surface area contributed by atoms with Gasteiger partial charge in [0.05, 0.1) is 12.9 Å². The average Bonchev–Trinajstić information content (AvgIpc) is 2.41. The lowest BCUT2D eigenvalue weighted by Crippen LogP contribution is -2.42. The van der Waals surface area contributed by atoms with Gasteiger partial charge in [-0.1, -0.05) is 26.8 Å². The predicted molar refractivity (Wildman–Crippen MR) is 91.0 cm³/mol. The molecular formula is C15H25F2NO4SSi. The van der Waals surface area contributed by atoms with Gasteiger partial charge in [-0.2, -0.15) is 8.42 Å². The van der Waals surface area contributed by atoms with Crippen molar-refractivity contribution in [1.29, 1.82) is 0 Å². The first-order valence-corrected chi connectivity index (χ1v) is 12.2. The van der Waals surface area contributed by atoms with Gasteiger partial charge in [-0.15, -0.1) is 0 Å². The Morgan fingerprint density at radius 1 is 1.25 bits per heavy atom. The summed E-state index contributed by atoms with van der Waals surface area (Å²) in [5, 5.41) is -0.0551. The minimum absolute atomic E-state index is 0.0132. The summed E-state index contributed by atoms with van der Waals surface area (Å²) in [6.07, 6.45) is -1.47. The lowest BCUT2D eigenvalue weighted by atomic mass is 10.1. The maximum absolute atomic E-state index is 12.6. The molecule has 1 rings (SSSR count). The van der Waals surface area contributed by atoms with Gasteiger partial charge in [-0.25, -0.2) is 8.78 Å². The van der Waals surface area contributed by atoms with Crippen LogP contribution in [0.2, 0.25) is 18.1 Å². The zero-order valence-electron chi connectivity index (χ0n) is 14.8. The van der Waals surface area contributed by atoms with Crippen molar-refractivity contribution in [2.45, 2.75) is 51.4 Å². The van der Waals surface area contributed by atoms with Gasteiger partial charge in [-0.05, 0) is 24.2 Å². The minimum atomic E-state index is -3.74. The van der Waals surface area contributed by atoms with Crippen molar-refractivity contribution in [3.8, 4) is 0 Å². The van der Waals surface area contributed by atoms with E-state index in [0.717, 1.165) is 12.3 Å². The van der Waals surface area contributed by atoms with E-state index >= 15 is 0 Å². The monoisotopic (exact) mass is 381 g/mol. The van der Waals surface area contributed by atoms with Crippen LogP contribution in [0.3, 0.4) is 0 Å². The molecule has 1 aromatic heterocycles. The molecule has 0 aromatic carbocycles. The van der Waals surface area contributed by atoms with E-state index in [1.165, 1.54) is 12.3 Å². The van der Waals surface area contributed by atoms with Gasteiger partial charge in [0.2, 0.25) is 0 Å². The molecule has 0 saturated carbocycles. The van der Waals surface area contributed by atoms with Gasteiger partial charge in [0.15, 0.2) is 8.32 Å². The highest BCUT2D eigenvalue weighted by atomic mass is 32.2. The standard InChI is InChI=1S/C15H25F2NO4SSi/c1-15(2,3)24(5,6)21-10-13(22-23(4,19)20)11-7-8-12(14(16)17)18-9-11/h7-9,13-14H,10H2,1-6H3/t13-/m0/s1. The molecule has 0 aliphatic heterocycles. The lowest BCUT2D eigenvalue weighted by Gasteiger charge is -2.37. The molecule has 1 atom stereocenters. The normalized spacial score (nSPS) is 14.9. The molecule has 0 unspecified atom stereocenters. The first-order valence-electron chi connectivity index (χ1n) is 7.49. The van der Waals surface area contributed by atoms with Crippen LogP contribution in [0.15, 0.2) is 18.3 Å². The third kappa shape index (κ3) is 6.19. The molecule has 24 heavy (non-hydrogen) atoms. The number of hydrogen-bond donors (Lipinski definition) is 0. The molecule has 0 aliphatic rings. The summed E-state index contributed by atoms with van der Waals surface area (Å²) in [7, 11) is -5.86. The van der Waals surface area contributed by atoms with Crippen LogP contribution in [0.1, 0.15) is 44.6 Å². The lowest BCUT2D eigenvalue weighted by molar-refractivity contribution is 0.126. The van der Waals surface area contributed by atoms with Gasteiger partial charge in [0.1, 0.15) is 11.8 Å². The van der Waals surface area contributed by atoms with E-state index in [9.17, 15) is 17.2 Å². The Morgan fingerprint density at radius 2 is 1.83 bits per heavy atom. The van der Waals surface area contributed by atoms with Crippen molar-refractivity contribution in [2.75, 3.05) is 12.9 Å². The molecule has 1 aromatic rings. The van der Waals surface area contributed by atoms with Crippen molar-refractivity contribution in [3.63, 3.8) is 0 Å². The summed E-state index contributed by atoms with van der Waals surface area (Å²) in [6.45, 7) is 10.3. The van der Waals surface area contributed by atoms with Gasteiger partial charge in [0, 0.05) is 11.8 Å². The summed E-state index contributed by atoms with van der Waals surface area (Å²) in [5.74, 6) is 0. The summed E-state index contributed by atoms with van der Waals surface area (Å²) < 4.78 is 59.3. The van der Waals surface area contributed by atoms with Gasteiger partial charge >= 0.3 is 0 Å². The van der Waals surface area contributed by atoms with E-state index in [0.29, 0.717) is 5.56 Å². The fourth-order valence-corrected chi connectivity index (χ4v) is 3.22. The Balaban J connectivity index is 3.01. The summed E-state index contributed by atoms with van der Waals surface area (Å²) in [4.78, 5) is 3.65. The molecule has 0 fully saturated rings. The molecule has 1 heterocycles. The average molecular weight is 382 g/mol. The molecule has 0 spiro atoms. The molecule has 0 radical (unpaired) electrons. The van der Waals surface area contributed by atoms with Gasteiger partial charge < -0.3 is 4.43 Å². The van der Waals surface area contributed by atoms with E-state index in [4.69, 9.17) is 8.61 Å². The predicted octanol–water partition coefficient (Wildman–Crippen LogP) is 4.06. The number of alkyl halides is 2. The van der Waals surface area contributed by atoms with Gasteiger partial charge in [-0.3, -0.25) is 9.17 Å². The minimum Gasteiger partial charge on any atom is -0.414 e. The zero-order chi connectivity index (χ0) is 18.8. The van der Waals surface area contributed by atoms with Crippen molar-refractivity contribution >= 4 is 18.4 Å². The van der Waals surface area contributed by atoms with Crippen LogP contribution < -0.4 is 0 Å². The Kier molecular flexibility index (Phi) is 6.65. The molecule has 0 amide bonds. The Labute approximate surface area is 143 Å². The highest BCUT2D eigenvalue weighted by molar-refractivity contribution is 7.86. The smallest absolute Gasteiger partial charge is 0.280 e. The Morgan fingerprint density at radius 3 is 2.21 bits per heavy atom. The van der Waals surface area contributed by atoms with Crippen LogP contribution in [0.4, 0.5) is 8.78 Å². The largest absolute Gasteiger partial charge is 0.414 e. The zero-order valence-corrected chi connectivity index (χ0v) is 16.7. The molecule has 0 bridgehead atoms. The summed E-state index contributed by atoms with van der Waals surface area (Å²) in [5.41, 5.74) is 0.00528. The van der Waals surface area contributed by atoms with E-state index in [2.05, 4.69) is 25.8 Å². The fourth-order valence-electron chi connectivity index (χ4n) is 1.63. The number of halogens is 2. The van der Waals surface area contributed by atoms with E-state index in [1.807, 2.05) is 13.1 Å². The van der Waals surface area contributed by atoms with Crippen LogP contribution in [-0.2, 0) is 18.7 Å². The first kappa shape index (κ1) is 21.1. The van der Waals surface area contributed by atoms with E-state index in [1.54, 1.807) is 0 Å². The maximum Gasteiger partial charge on any atom is 0.280 e. The van der Waals surface area contributed by atoms with Crippen molar-refractivity contribution in [2.24, 2.45) is 0 Å². The molecule has 138 valence electrons. The second kappa shape index (κ2) is 7.55. The van der Waals surface area contributed by atoms with Crippen LogP contribution in [0.5, 0.6) is 0 Å². The van der Waals surface area contributed by atoms with Crippen LogP contribution in [0.25, 0.3) is 0 Å². The summed E-state index contributed by atoms with van der Waals surface area (Å²) >= 11 is 0. The van der Waals surface area contributed by atoms with Crippen molar-refractivity contribution in [3.05, 3.63) is 29.6 Å². The molecule has 0 saturated heterocycles. The molecule has 5 nitrogen and oxygen atoms in total. The molecule has 0 N–H and O–H groups in total. The van der Waals surface area contributed by atoms with E-state index in [-0.39, 0.29) is 17.3 Å². The Hall–Kier alpha value is -0.903. The quantitative estimate of drug-likeness (QED) is 0.526. The number of nitrogens with zero attached hydrogens (tertiary/aromatic N) is 1. The number of pyridine rings is 1. The van der Waals surface area contributed by atoms with Crippen LogP contribution in [-0.4, -0.2) is 34.6 Å². The van der Waals surface area contributed by atoms with E-state index < -0.39 is 31.0 Å². The molecular weight excluding hydrogens is 356 g/mol. The third-order valence-corrected chi connectivity index (χ3v) is 9.18. The topological polar surface area (TPSA) is 65.5 Å². The summed E-state index contributed by atoms with van der Waals surface area (Å²) in [6, 6.07) is 2.55. The second-order valence-electron chi connectivity index (χ2n) is 7.18. The van der Waals surface area contributed by atoms with Crippen molar-refractivity contribution in [1.82, 2.24) is 4.98 Å².